The molecule has 8 heteroatoms. The third-order valence-corrected chi connectivity index (χ3v) is 7.70. The third kappa shape index (κ3) is 4.03. The highest BCUT2D eigenvalue weighted by atomic mass is 32.1. The normalized spacial score (nSPS) is 15.7. The number of aromatic amines is 1. The Morgan fingerprint density at radius 2 is 2.03 bits per heavy atom. The molecule has 1 aliphatic rings. The summed E-state index contributed by atoms with van der Waals surface area (Å²) in [6.45, 7) is 1.24. The van der Waals surface area contributed by atoms with Gasteiger partial charge in [0.25, 0.3) is 5.56 Å². The minimum absolute atomic E-state index is 0.0110. The van der Waals surface area contributed by atoms with E-state index < -0.39 is 0 Å². The highest BCUT2D eigenvalue weighted by molar-refractivity contribution is 7.18. The van der Waals surface area contributed by atoms with Gasteiger partial charge in [-0.15, -0.1) is 11.3 Å². The van der Waals surface area contributed by atoms with E-state index >= 15 is 0 Å². The fourth-order valence-electron chi connectivity index (χ4n) is 4.79. The van der Waals surface area contributed by atoms with Crippen molar-refractivity contribution in [2.45, 2.75) is 38.3 Å². The smallest absolute Gasteiger partial charge is 0.262 e. The molecule has 0 fully saturated rings. The van der Waals surface area contributed by atoms with Crippen LogP contribution in [-0.2, 0) is 25.8 Å². The Morgan fingerprint density at radius 1 is 1.18 bits per heavy atom. The molecule has 5 aromatic rings. The van der Waals surface area contributed by atoms with E-state index in [9.17, 15) is 9.18 Å². The lowest BCUT2D eigenvalue weighted by atomic mass is 9.93. The van der Waals surface area contributed by atoms with E-state index in [1.54, 1.807) is 34.4 Å². The van der Waals surface area contributed by atoms with Crippen LogP contribution in [0.4, 0.5) is 4.39 Å². The molecule has 0 spiro atoms. The Kier molecular flexibility index (Phi) is 5.47. The van der Waals surface area contributed by atoms with Crippen molar-refractivity contribution in [1.82, 2.24) is 24.8 Å². The fourth-order valence-corrected chi connectivity index (χ4v) is 6.05. The number of hydrogen-bond donors (Lipinski definition) is 2. The standard InChI is InChI=1S/C26H24FN5OS/c27-17-7-5-16(6-8-17)14-32-15-29-25-24(26(32)33)19-10-9-18(13-22(19)34-25)28-12-11-23-30-20-3-1-2-4-21(20)31-23/h1-8,15,18,28H,9-14H2,(H,30,31). The van der Waals surface area contributed by atoms with E-state index in [2.05, 4.69) is 20.3 Å². The molecule has 6 nitrogen and oxygen atoms in total. The quantitative estimate of drug-likeness (QED) is 0.387. The zero-order chi connectivity index (χ0) is 23.1. The first-order valence-electron chi connectivity index (χ1n) is 11.6. The van der Waals surface area contributed by atoms with Crippen molar-refractivity contribution in [3.05, 3.63) is 92.9 Å². The van der Waals surface area contributed by atoms with Crippen molar-refractivity contribution in [3.8, 4) is 0 Å². The predicted molar refractivity (Wildman–Crippen MR) is 133 cm³/mol. The maximum Gasteiger partial charge on any atom is 0.262 e. The molecular formula is C26H24FN5OS. The zero-order valence-corrected chi connectivity index (χ0v) is 19.4. The average molecular weight is 474 g/mol. The Bertz CT molecular complexity index is 1500. The van der Waals surface area contributed by atoms with Crippen molar-refractivity contribution < 1.29 is 4.39 Å². The number of nitrogens with zero attached hydrogens (tertiary/aromatic N) is 3. The lowest BCUT2D eigenvalue weighted by Crippen LogP contribution is -2.35. The van der Waals surface area contributed by atoms with Gasteiger partial charge in [-0.25, -0.2) is 14.4 Å². The molecule has 1 aliphatic carbocycles. The second kappa shape index (κ2) is 8.77. The van der Waals surface area contributed by atoms with E-state index in [0.29, 0.717) is 12.6 Å². The van der Waals surface area contributed by atoms with Gasteiger partial charge < -0.3 is 10.3 Å². The van der Waals surface area contributed by atoms with Gasteiger partial charge in [0, 0.05) is 23.9 Å². The Balaban J connectivity index is 1.15. The summed E-state index contributed by atoms with van der Waals surface area (Å²) >= 11 is 1.63. The number of halogens is 1. The number of aromatic nitrogens is 4. The van der Waals surface area contributed by atoms with Gasteiger partial charge in [0.2, 0.25) is 0 Å². The number of aryl methyl sites for hydroxylation is 1. The van der Waals surface area contributed by atoms with Crippen LogP contribution in [-0.4, -0.2) is 32.1 Å². The first-order chi connectivity index (χ1) is 16.6. The van der Waals surface area contributed by atoms with Crippen molar-refractivity contribution in [1.29, 1.82) is 0 Å². The van der Waals surface area contributed by atoms with Gasteiger partial charge in [-0.1, -0.05) is 24.3 Å². The minimum Gasteiger partial charge on any atom is -0.342 e. The van der Waals surface area contributed by atoms with E-state index in [-0.39, 0.29) is 11.4 Å². The number of nitrogens with one attached hydrogen (secondary N) is 2. The predicted octanol–water partition coefficient (Wildman–Crippen LogP) is 4.21. The molecule has 0 amide bonds. The molecule has 172 valence electrons. The third-order valence-electron chi connectivity index (χ3n) is 6.54. The van der Waals surface area contributed by atoms with Crippen LogP contribution in [0.15, 0.2) is 59.7 Å². The van der Waals surface area contributed by atoms with E-state index in [4.69, 9.17) is 0 Å². The molecule has 3 heterocycles. The van der Waals surface area contributed by atoms with Gasteiger partial charge in [-0.05, 0) is 54.7 Å². The fraction of sp³-hybridized carbons (Fsp3) is 0.269. The first-order valence-corrected chi connectivity index (χ1v) is 12.4. The van der Waals surface area contributed by atoms with Crippen molar-refractivity contribution in [3.63, 3.8) is 0 Å². The van der Waals surface area contributed by atoms with Gasteiger partial charge in [-0.3, -0.25) is 9.36 Å². The van der Waals surface area contributed by atoms with E-state index in [0.717, 1.165) is 70.4 Å². The van der Waals surface area contributed by atoms with Crippen LogP contribution in [0.1, 0.15) is 28.2 Å². The van der Waals surface area contributed by atoms with Gasteiger partial charge in [0.05, 0.1) is 29.3 Å². The largest absolute Gasteiger partial charge is 0.342 e. The monoisotopic (exact) mass is 473 g/mol. The zero-order valence-electron chi connectivity index (χ0n) is 18.6. The topological polar surface area (TPSA) is 75.6 Å². The Hall–Kier alpha value is -3.36. The SMILES string of the molecule is O=c1c2c3c(sc2ncn1Cc1ccc(F)cc1)CC(NCCc1nc2ccccc2[nH]1)CC3. The number of H-pyrrole nitrogens is 1. The molecule has 0 aliphatic heterocycles. The van der Waals surface area contributed by atoms with Crippen molar-refractivity contribution in [2.24, 2.45) is 0 Å². The van der Waals surface area contributed by atoms with Crippen LogP contribution in [0, 0.1) is 5.82 Å². The van der Waals surface area contributed by atoms with Gasteiger partial charge in [-0.2, -0.15) is 0 Å². The molecule has 0 bridgehead atoms. The molecule has 6 rings (SSSR count). The maximum absolute atomic E-state index is 13.2. The molecule has 0 saturated heterocycles. The number of rotatable bonds is 6. The molecule has 2 N–H and O–H groups in total. The van der Waals surface area contributed by atoms with Crippen LogP contribution < -0.4 is 10.9 Å². The highest BCUT2D eigenvalue weighted by Gasteiger charge is 2.25. The molecule has 34 heavy (non-hydrogen) atoms. The molecule has 0 radical (unpaired) electrons. The lowest BCUT2D eigenvalue weighted by Gasteiger charge is -2.23. The molecule has 0 saturated carbocycles. The lowest BCUT2D eigenvalue weighted by molar-refractivity contribution is 0.465. The molecular weight excluding hydrogens is 449 g/mol. The van der Waals surface area contributed by atoms with Crippen LogP contribution in [0.3, 0.4) is 0 Å². The summed E-state index contributed by atoms with van der Waals surface area (Å²) in [6.07, 6.45) is 5.23. The number of imidazole rings is 1. The summed E-state index contributed by atoms with van der Waals surface area (Å²) in [5, 5.41) is 4.43. The molecule has 1 unspecified atom stereocenters. The number of hydrogen-bond acceptors (Lipinski definition) is 5. The summed E-state index contributed by atoms with van der Waals surface area (Å²) in [5.74, 6) is 0.718. The Labute approximate surface area is 199 Å². The summed E-state index contributed by atoms with van der Waals surface area (Å²) in [4.78, 5) is 27.9. The minimum atomic E-state index is -0.280. The van der Waals surface area contributed by atoms with Crippen LogP contribution in [0.5, 0.6) is 0 Å². The number of para-hydroxylation sites is 2. The van der Waals surface area contributed by atoms with Gasteiger partial charge in [0.15, 0.2) is 0 Å². The summed E-state index contributed by atoms with van der Waals surface area (Å²) < 4.78 is 14.8. The summed E-state index contributed by atoms with van der Waals surface area (Å²) in [5.41, 5.74) is 4.09. The average Bonchev–Trinajstić information content (AvgIpc) is 3.43. The van der Waals surface area contributed by atoms with E-state index in [1.807, 2.05) is 24.3 Å². The summed E-state index contributed by atoms with van der Waals surface area (Å²) in [6, 6.07) is 14.7. The number of thiophene rings is 1. The van der Waals surface area contributed by atoms with E-state index in [1.165, 1.54) is 17.0 Å². The number of benzene rings is 2. The maximum atomic E-state index is 13.2. The second-order valence-electron chi connectivity index (χ2n) is 8.83. The molecule has 3 aromatic heterocycles. The van der Waals surface area contributed by atoms with Crippen LogP contribution in [0.25, 0.3) is 21.3 Å². The van der Waals surface area contributed by atoms with Crippen LogP contribution in [0.2, 0.25) is 0 Å². The summed E-state index contributed by atoms with van der Waals surface area (Å²) in [7, 11) is 0. The van der Waals surface area contributed by atoms with Gasteiger partial charge in [0.1, 0.15) is 16.5 Å². The first kappa shape index (κ1) is 21.2. The van der Waals surface area contributed by atoms with Gasteiger partial charge >= 0.3 is 0 Å². The highest BCUT2D eigenvalue weighted by Crippen LogP contribution is 2.33. The molecule has 2 aromatic carbocycles. The number of fused-ring (bicyclic) bond motifs is 4. The second-order valence-corrected chi connectivity index (χ2v) is 9.92. The van der Waals surface area contributed by atoms with Crippen molar-refractivity contribution >= 4 is 32.6 Å². The van der Waals surface area contributed by atoms with Crippen molar-refractivity contribution in [2.75, 3.05) is 6.54 Å². The molecule has 1 atom stereocenters. The van der Waals surface area contributed by atoms with Crippen LogP contribution >= 0.6 is 11.3 Å². The Morgan fingerprint density at radius 3 is 2.88 bits per heavy atom.